The van der Waals surface area contributed by atoms with Crippen LogP contribution in [0, 0.1) is 6.92 Å². The number of fused-ring (bicyclic) bond motifs is 1. The van der Waals surface area contributed by atoms with E-state index < -0.39 is 11.6 Å². The number of ketones is 2. The lowest BCUT2D eigenvalue weighted by Gasteiger charge is -2.17. The van der Waals surface area contributed by atoms with E-state index in [1.54, 1.807) is 6.92 Å². The normalized spacial score (nSPS) is 15.4. The number of rotatable bonds is 0. The number of benzene rings is 1. The Balaban J connectivity index is 2.86. The quantitative estimate of drug-likeness (QED) is 0.650. The van der Waals surface area contributed by atoms with Gasteiger partial charge in [-0.2, -0.15) is 0 Å². The minimum atomic E-state index is -0.727. The van der Waals surface area contributed by atoms with Gasteiger partial charge in [0.2, 0.25) is 11.6 Å². The lowest BCUT2D eigenvalue weighted by molar-refractivity contribution is -0.111. The molecule has 0 unspecified atom stereocenters. The zero-order chi connectivity index (χ0) is 12.0. The Kier molecular flexibility index (Phi) is 2.08. The van der Waals surface area contributed by atoms with Gasteiger partial charge in [-0.3, -0.25) is 9.59 Å². The molecule has 0 fully saturated rings. The fraction of sp³-hybridized carbons (Fsp3) is 0.167. The zero-order valence-corrected chi connectivity index (χ0v) is 8.87. The number of Topliss-reactive ketones (excluding diaryl/α,β-unsaturated/α-hetero) is 2. The predicted octanol–water partition coefficient (Wildman–Crippen LogP) is 1.76. The van der Waals surface area contributed by atoms with Crippen molar-refractivity contribution in [1.29, 1.82) is 0 Å². The molecule has 4 heteroatoms. The molecule has 2 rings (SSSR count). The van der Waals surface area contributed by atoms with Gasteiger partial charge in [-0.05, 0) is 31.5 Å². The second-order valence-corrected chi connectivity index (χ2v) is 3.82. The number of phenolic OH excluding ortho intramolecular Hbond substituents is 1. The maximum Gasteiger partial charge on any atom is 0.234 e. The van der Waals surface area contributed by atoms with E-state index in [1.165, 1.54) is 19.1 Å². The van der Waals surface area contributed by atoms with Gasteiger partial charge in [-0.25, -0.2) is 0 Å². The number of phenols is 1. The minimum absolute atomic E-state index is 0.0475. The molecule has 0 amide bonds. The third kappa shape index (κ3) is 1.23. The predicted molar refractivity (Wildman–Crippen MR) is 57.4 cm³/mol. The summed E-state index contributed by atoms with van der Waals surface area (Å²) in [6.07, 6.45) is 0. The summed E-state index contributed by atoms with van der Waals surface area (Å²) >= 11 is 0. The van der Waals surface area contributed by atoms with Crippen molar-refractivity contribution in [2.75, 3.05) is 0 Å². The second-order valence-electron chi connectivity index (χ2n) is 3.82. The van der Waals surface area contributed by atoms with Crippen LogP contribution in [0.2, 0.25) is 0 Å². The molecule has 1 aliphatic carbocycles. The monoisotopic (exact) mass is 218 g/mol. The highest BCUT2D eigenvalue weighted by Crippen LogP contribution is 2.32. The van der Waals surface area contributed by atoms with E-state index in [0.29, 0.717) is 11.1 Å². The summed E-state index contributed by atoms with van der Waals surface area (Å²) in [5.74, 6) is -1.69. The van der Waals surface area contributed by atoms with E-state index in [0.717, 1.165) is 0 Å². The van der Waals surface area contributed by atoms with Crippen molar-refractivity contribution in [3.8, 4) is 5.75 Å². The molecule has 0 saturated carbocycles. The molecule has 0 radical (unpaired) electrons. The summed E-state index contributed by atoms with van der Waals surface area (Å²) in [5.41, 5.74) is 1.00. The molecule has 16 heavy (non-hydrogen) atoms. The molecule has 82 valence electrons. The molecule has 0 atom stereocenters. The largest absolute Gasteiger partial charge is 0.508 e. The lowest BCUT2D eigenvalue weighted by Crippen LogP contribution is -2.23. The highest BCUT2D eigenvalue weighted by molar-refractivity contribution is 6.52. The summed E-state index contributed by atoms with van der Waals surface area (Å²) in [6.45, 7) is 3.07. The van der Waals surface area contributed by atoms with E-state index in [1.807, 2.05) is 0 Å². The van der Waals surface area contributed by atoms with Gasteiger partial charge in [-0.15, -0.1) is 0 Å². The molecule has 4 nitrogen and oxygen atoms in total. The van der Waals surface area contributed by atoms with E-state index >= 15 is 0 Å². The van der Waals surface area contributed by atoms with Crippen LogP contribution < -0.4 is 0 Å². The van der Waals surface area contributed by atoms with Gasteiger partial charge in [0.1, 0.15) is 11.5 Å². The molecule has 0 aliphatic heterocycles. The van der Waals surface area contributed by atoms with Crippen molar-refractivity contribution in [1.82, 2.24) is 0 Å². The Bertz CT molecular complexity index is 552. The second kappa shape index (κ2) is 3.20. The van der Waals surface area contributed by atoms with Gasteiger partial charge in [0.25, 0.3) is 0 Å². The molecule has 0 heterocycles. The van der Waals surface area contributed by atoms with E-state index in [9.17, 15) is 19.8 Å². The van der Waals surface area contributed by atoms with E-state index in [4.69, 9.17) is 0 Å². The third-order valence-corrected chi connectivity index (χ3v) is 2.70. The van der Waals surface area contributed by atoms with Gasteiger partial charge in [-0.1, -0.05) is 0 Å². The lowest BCUT2D eigenvalue weighted by atomic mass is 9.86. The highest BCUT2D eigenvalue weighted by Gasteiger charge is 2.31. The summed E-state index contributed by atoms with van der Waals surface area (Å²) in [7, 11) is 0. The Hall–Kier alpha value is -2.10. The number of hydrogen-bond acceptors (Lipinski definition) is 4. The number of carbonyl (C=O) groups is 2. The summed E-state index contributed by atoms with van der Waals surface area (Å²) in [6, 6.07) is 2.64. The number of aromatic hydroxyl groups is 1. The SMILES string of the molecule is CC1=C(O)c2c(C)cc(O)cc2C(=O)C1=O. The molecule has 0 spiro atoms. The maximum absolute atomic E-state index is 11.7. The number of aryl methyl sites for hydroxylation is 1. The fourth-order valence-corrected chi connectivity index (χ4v) is 1.85. The molecule has 1 aromatic rings. The maximum atomic E-state index is 11.7. The first kappa shape index (κ1) is 10.4. The molecular weight excluding hydrogens is 208 g/mol. The van der Waals surface area contributed by atoms with Crippen molar-refractivity contribution in [2.45, 2.75) is 13.8 Å². The molecular formula is C12H10O4. The van der Waals surface area contributed by atoms with E-state index in [-0.39, 0.29) is 22.6 Å². The average Bonchev–Trinajstić information content (AvgIpc) is 2.22. The standard InChI is InChI=1S/C12H10O4/c1-5-3-7(13)4-8-9(5)10(14)6(2)11(15)12(8)16/h3-4,13-14H,1-2H3. The number of aliphatic hydroxyl groups is 1. The number of carbonyl (C=O) groups excluding carboxylic acids is 2. The van der Waals surface area contributed by atoms with Crippen molar-refractivity contribution >= 4 is 17.3 Å². The highest BCUT2D eigenvalue weighted by atomic mass is 16.3. The van der Waals surface area contributed by atoms with Crippen LogP contribution in [0.5, 0.6) is 5.75 Å². The summed E-state index contributed by atoms with van der Waals surface area (Å²) in [4.78, 5) is 23.1. The van der Waals surface area contributed by atoms with Crippen LogP contribution in [0.3, 0.4) is 0 Å². The first-order valence-electron chi connectivity index (χ1n) is 4.76. The molecule has 1 aromatic carbocycles. The number of allylic oxidation sites excluding steroid dienone is 1. The Labute approximate surface area is 91.8 Å². The van der Waals surface area contributed by atoms with Gasteiger partial charge in [0.05, 0.1) is 0 Å². The summed E-state index contributed by atoms with van der Waals surface area (Å²) < 4.78 is 0. The Morgan fingerprint density at radius 3 is 2.25 bits per heavy atom. The van der Waals surface area contributed by atoms with Crippen molar-refractivity contribution in [3.63, 3.8) is 0 Å². The van der Waals surface area contributed by atoms with Crippen molar-refractivity contribution in [2.24, 2.45) is 0 Å². The average molecular weight is 218 g/mol. The van der Waals surface area contributed by atoms with Crippen LogP contribution in [0.4, 0.5) is 0 Å². The van der Waals surface area contributed by atoms with Crippen LogP contribution in [-0.2, 0) is 4.79 Å². The Morgan fingerprint density at radius 2 is 1.62 bits per heavy atom. The molecule has 2 N–H and O–H groups in total. The van der Waals surface area contributed by atoms with Crippen molar-refractivity contribution < 1.29 is 19.8 Å². The van der Waals surface area contributed by atoms with Crippen LogP contribution in [0.15, 0.2) is 17.7 Å². The number of aliphatic hydroxyl groups excluding tert-OH is 1. The van der Waals surface area contributed by atoms with E-state index in [2.05, 4.69) is 0 Å². The van der Waals surface area contributed by atoms with Gasteiger partial charge in [0.15, 0.2) is 0 Å². The van der Waals surface area contributed by atoms with Gasteiger partial charge >= 0.3 is 0 Å². The smallest absolute Gasteiger partial charge is 0.234 e. The van der Waals surface area contributed by atoms with Crippen LogP contribution >= 0.6 is 0 Å². The topological polar surface area (TPSA) is 74.6 Å². The molecule has 0 bridgehead atoms. The Morgan fingerprint density at radius 1 is 1.00 bits per heavy atom. The molecule has 1 aliphatic rings. The van der Waals surface area contributed by atoms with Crippen LogP contribution in [0.1, 0.15) is 28.4 Å². The summed E-state index contributed by atoms with van der Waals surface area (Å²) in [5, 5.41) is 19.2. The number of hydrogen-bond donors (Lipinski definition) is 2. The molecule has 0 aromatic heterocycles. The van der Waals surface area contributed by atoms with Crippen LogP contribution in [-0.4, -0.2) is 21.8 Å². The fourth-order valence-electron chi connectivity index (χ4n) is 1.85. The van der Waals surface area contributed by atoms with Gasteiger partial charge < -0.3 is 10.2 Å². The minimum Gasteiger partial charge on any atom is -0.508 e. The van der Waals surface area contributed by atoms with Gasteiger partial charge in [0, 0.05) is 16.7 Å². The first-order valence-corrected chi connectivity index (χ1v) is 4.76. The first-order chi connectivity index (χ1) is 7.43. The van der Waals surface area contributed by atoms with Crippen molar-refractivity contribution in [3.05, 3.63) is 34.4 Å². The molecule has 0 saturated heterocycles. The van der Waals surface area contributed by atoms with Crippen LogP contribution in [0.25, 0.3) is 5.76 Å². The third-order valence-electron chi connectivity index (χ3n) is 2.70. The zero-order valence-electron chi connectivity index (χ0n) is 8.87.